The molecule has 0 aliphatic carbocycles. The molecule has 0 aromatic rings. The van der Waals surface area contributed by atoms with Gasteiger partial charge in [0, 0.05) is 19.3 Å². The third-order valence-corrected chi connectivity index (χ3v) is 10.9. The summed E-state index contributed by atoms with van der Waals surface area (Å²) in [5.41, 5.74) is 0. The maximum absolute atomic E-state index is 12.8. The van der Waals surface area contributed by atoms with Gasteiger partial charge in [-0.1, -0.05) is 215 Å². The van der Waals surface area contributed by atoms with Crippen molar-refractivity contribution in [1.29, 1.82) is 0 Å². The minimum absolute atomic E-state index is 0.113. The standard InChI is InChI=1S/C57H96O6/c1-4-7-10-13-16-19-22-24-26-28-30-32-35-38-41-44-47-50-56(59)62-53-54(52-61-55(58)49-46-43-40-37-34-21-18-15-12-9-6-3)63-57(60)51-48-45-42-39-36-33-31-29-27-25-23-20-17-14-11-8-5-2/h17,20,24-27,30-33,38-39,41-42,54H,4-16,18-19,21-23,28-29,34-37,40,43-53H2,1-3H3/b20-17-,26-24-,27-25-,32-30-,33-31-,41-38-,42-39-/t54-/m0/s1. The van der Waals surface area contributed by atoms with Gasteiger partial charge >= 0.3 is 17.9 Å². The van der Waals surface area contributed by atoms with Gasteiger partial charge in [0.25, 0.3) is 0 Å². The Morgan fingerprint density at radius 1 is 0.317 bits per heavy atom. The van der Waals surface area contributed by atoms with Crippen molar-refractivity contribution in [2.24, 2.45) is 0 Å². The molecule has 63 heavy (non-hydrogen) atoms. The van der Waals surface area contributed by atoms with Gasteiger partial charge in [-0.05, 0) is 89.9 Å². The van der Waals surface area contributed by atoms with Crippen LogP contribution in [0.3, 0.4) is 0 Å². The van der Waals surface area contributed by atoms with Crippen LogP contribution in [-0.2, 0) is 28.6 Å². The van der Waals surface area contributed by atoms with Crippen LogP contribution in [0, 0.1) is 0 Å². The third-order valence-electron chi connectivity index (χ3n) is 10.9. The van der Waals surface area contributed by atoms with E-state index in [1.807, 2.05) is 0 Å². The van der Waals surface area contributed by atoms with Crippen molar-refractivity contribution in [3.8, 4) is 0 Å². The molecule has 0 saturated heterocycles. The molecule has 360 valence electrons. The lowest BCUT2D eigenvalue weighted by Gasteiger charge is -2.18. The fourth-order valence-electron chi connectivity index (χ4n) is 6.92. The van der Waals surface area contributed by atoms with Crippen LogP contribution in [0.2, 0.25) is 0 Å². The second-order valence-corrected chi connectivity index (χ2v) is 17.1. The lowest BCUT2D eigenvalue weighted by Crippen LogP contribution is -2.30. The summed E-state index contributed by atoms with van der Waals surface area (Å²) in [5.74, 6) is -1.03. The monoisotopic (exact) mass is 877 g/mol. The molecule has 0 amide bonds. The molecule has 0 rings (SSSR count). The van der Waals surface area contributed by atoms with Crippen molar-refractivity contribution in [2.75, 3.05) is 13.2 Å². The van der Waals surface area contributed by atoms with E-state index in [9.17, 15) is 14.4 Å². The highest BCUT2D eigenvalue weighted by Gasteiger charge is 2.19. The molecular weight excluding hydrogens is 781 g/mol. The number of carbonyl (C=O) groups is 3. The summed E-state index contributed by atoms with van der Waals surface area (Å²) < 4.78 is 16.7. The summed E-state index contributed by atoms with van der Waals surface area (Å²) in [6.45, 7) is 6.50. The molecule has 6 heteroatoms. The lowest BCUT2D eigenvalue weighted by molar-refractivity contribution is -0.167. The Labute approximate surface area is 388 Å². The first kappa shape index (κ1) is 59.6. The summed E-state index contributed by atoms with van der Waals surface area (Å²) in [4.78, 5) is 37.9. The third kappa shape index (κ3) is 49.5. The Hall–Kier alpha value is -3.41. The van der Waals surface area contributed by atoms with Crippen LogP contribution >= 0.6 is 0 Å². The number of hydrogen-bond donors (Lipinski definition) is 0. The molecule has 6 nitrogen and oxygen atoms in total. The topological polar surface area (TPSA) is 78.9 Å². The number of esters is 3. The number of rotatable bonds is 46. The smallest absolute Gasteiger partial charge is 0.306 e. The summed E-state index contributed by atoms with van der Waals surface area (Å²) in [6, 6.07) is 0. The minimum Gasteiger partial charge on any atom is -0.462 e. The SMILES string of the molecule is CCCCC/C=C\C/C=C\C/C=C\C/C=C\CCCC(=O)O[C@H](COC(=O)CCC/C=C\C/C=C\C/C=C\CCCCCCCC)COC(=O)CCCCCCCCCCCCC. The highest BCUT2D eigenvalue weighted by Crippen LogP contribution is 2.13. The number of carbonyl (C=O) groups excluding carboxylic acids is 3. The van der Waals surface area contributed by atoms with Crippen LogP contribution in [0.5, 0.6) is 0 Å². The van der Waals surface area contributed by atoms with Crippen LogP contribution in [0.25, 0.3) is 0 Å². The van der Waals surface area contributed by atoms with Gasteiger partial charge in [-0.3, -0.25) is 14.4 Å². The number of hydrogen-bond acceptors (Lipinski definition) is 6. The summed E-state index contributed by atoms with van der Waals surface area (Å²) in [7, 11) is 0. The van der Waals surface area contributed by atoms with E-state index in [0.29, 0.717) is 19.3 Å². The van der Waals surface area contributed by atoms with E-state index in [-0.39, 0.29) is 44.0 Å². The molecule has 0 heterocycles. The number of allylic oxidation sites excluding steroid dienone is 14. The Bertz CT molecular complexity index is 1240. The minimum atomic E-state index is -0.823. The highest BCUT2D eigenvalue weighted by atomic mass is 16.6. The molecule has 0 unspecified atom stereocenters. The molecule has 0 aromatic heterocycles. The first-order chi connectivity index (χ1) is 31.0. The molecule has 0 saturated carbocycles. The van der Waals surface area contributed by atoms with Gasteiger partial charge in [0.05, 0.1) is 0 Å². The van der Waals surface area contributed by atoms with E-state index in [4.69, 9.17) is 14.2 Å². The number of unbranched alkanes of at least 4 members (excludes halogenated alkanes) is 21. The zero-order chi connectivity index (χ0) is 45.8. The zero-order valence-corrected chi connectivity index (χ0v) is 41.1. The lowest BCUT2D eigenvalue weighted by atomic mass is 10.1. The van der Waals surface area contributed by atoms with Crippen molar-refractivity contribution in [3.63, 3.8) is 0 Å². The average Bonchev–Trinajstić information content (AvgIpc) is 3.28. The fraction of sp³-hybridized carbons (Fsp3) is 0.702. The molecule has 0 N–H and O–H groups in total. The maximum Gasteiger partial charge on any atom is 0.306 e. The predicted octanol–water partition coefficient (Wildman–Crippen LogP) is 17.2. The van der Waals surface area contributed by atoms with Gasteiger partial charge in [-0.15, -0.1) is 0 Å². The van der Waals surface area contributed by atoms with Gasteiger partial charge in [0.2, 0.25) is 0 Å². The molecule has 0 radical (unpaired) electrons. The van der Waals surface area contributed by atoms with E-state index in [1.54, 1.807) is 0 Å². The van der Waals surface area contributed by atoms with E-state index in [0.717, 1.165) is 64.2 Å². The Morgan fingerprint density at radius 2 is 0.587 bits per heavy atom. The Kier molecular flexibility index (Phi) is 48.5. The van der Waals surface area contributed by atoms with Crippen LogP contribution in [-0.4, -0.2) is 37.2 Å². The normalized spacial score (nSPS) is 12.7. The molecule has 0 aliphatic rings. The summed E-state index contributed by atoms with van der Waals surface area (Å²) in [6.07, 6.45) is 65.8. The first-order valence-corrected chi connectivity index (χ1v) is 26.1. The second kappa shape index (κ2) is 51.2. The van der Waals surface area contributed by atoms with Crippen LogP contribution in [0.4, 0.5) is 0 Å². The molecule has 0 aromatic carbocycles. The van der Waals surface area contributed by atoms with Gasteiger partial charge in [0.1, 0.15) is 13.2 Å². The molecular formula is C57H96O6. The maximum atomic E-state index is 12.8. The Balaban J connectivity index is 4.54. The van der Waals surface area contributed by atoms with Crippen molar-refractivity contribution in [2.45, 2.75) is 245 Å². The molecule has 0 aliphatic heterocycles. The van der Waals surface area contributed by atoms with E-state index in [2.05, 4.69) is 106 Å². The van der Waals surface area contributed by atoms with E-state index < -0.39 is 6.10 Å². The zero-order valence-electron chi connectivity index (χ0n) is 41.1. The van der Waals surface area contributed by atoms with Gasteiger partial charge in [-0.25, -0.2) is 0 Å². The van der Waals surface area contributed by atoms with Crippen molar-refractivity contribution >= 4 is 17.9 Å². The van der Waals surface area contributed by atoms with E-state index >= 15 is 0 Å². The quantitative estimate of drug-likeness (QED) is 0.0262. The van der Waals surface area contributed by atoms with Crippen molar-refractivity contribution in [3.05, 3.63) is 85.1 Å². The summed E-state index contributed by atoms with van der Waals surface area (Å²) >= 11 is 0. The summed E-state index contributed by atoms with van der Waals surface area (Å²) in [5, 5.41) is 0. The van der Waals surface area contributed by atoms with Crippen molar-refractivity contribution < 1.29 is 28.6 Å². The predicted molar refractivity (Wildman–Crippen MR) is 270 cm³/mol. The fourth-order valence-corrected chi connectivity index (χ4v) is 6.92. The van der Waals surface area contributed by atoms with Crippen molar-refractivity contribution in [1.82, 2.24) is 0 Å². The van der Waals surface area contributed by atoms with Crippen LogP contribution in [0.1, 0.15) is 239 Å². The molecule has 0 bridgehead atoms. The van der Waals surface area contributed by atoms with Crippen LogP contribution < -0.4 is 0 Å². The number of ether oxygens (including phenoxy) is 3. The largest absolute Gasteiger partial charge is 0.462 e. The van der Waals surface area contributed by atoms with Gasteiger partial charge in [-0.2, -0.15) is 0 Å². The highest BCUT2D eigenvalue weighted by molar-refractivity contribution is 5.71. The molecule has 1 atom stereocenters. The molecule has 0 fully saturated rings. The van der Waals surface area contributed by atoms with Gasteiger partial charge < -0.3 is 14.2 Å². The van der Waals surface area contributed by atoms with E-state index in [1.165, 1.54) is 122 Å². The Morgan fingerprint density at radius 3 is 0.984 bits per heavy atom. The average molecular weight is 877 g/mol. The van der Waals surface area contributed by atoms with Crippen LogP contribution in [0.15, 0.2) is 85.1 Å². The second-order valence-electron chi connectivity index (χ2n) is 17.1. The first-order valence-electron chi connectivity index (χ1n) is 26.1. The van der Waals surface area contributed by atoms with Gasteiger partial charge in [0.15, 0.2) is 6.10 Å². The molecule has 0 spiro atoms.